The highest BCUT2D eigenvalue weighted by Crippen LogP contribution is 2.35. The van der Waals surface area contributed by atoms with Crippen molar-refractivity contribution in [2.45, 2.75) is 26.5 Å². The minimum atomic E-state index is -0.997. The van der Waals surface area contributed by atoms with E-state index in [2.05, 4.69) is 4.99 Å². The summed E-state index contributed by atoms with van der Waals surface area (Å²) in [6.07, 6.45) is 3.16. The molecule has 3 aromatic carbocycles. The van der Waals surface area contributed by atoms with E-state index >= 15 is 0 Å². The second-order valence-corrected chi connectivity index (χ2v) is 11.0. The van der Waals surface area contributed by atoms with Crippen LogP contribution in [0.15, 0.2) is 82.2 Å². The molecule has 1 atom stereocenters. The van der Waals surface area contributed by atoms with Gasteiger partial charge < -0.3 is 28.8 Å². The number of benzene rings is 3. The first-order valence-electron chi connectivity index (χ1n) is 14.4. The van der Waals surface area contributed by atoms with Crippen LogP contribution in [0, 0.1) is 0 Å². The van der Waals surface area contributed by atoms with E-state index in [0.29, 0.717) is 56.7 Å². The molecule has 0 radical (unpaired) electrons. The normalized spacial score (nSPS) is 14.0. The van der Waals surface area contributed by atoms with E-state index < -0.39 is 18.0 Å². The Bertz CT molecular complexity index is 1980. The number of carboxylic acid groups (broad SMARTS) is 1. The number of thiazole rings is 1. The average Bonchev–Trinajstić information content (AvgIpc) is 3.38. The third-order valence-electron chi connectivity index (χ3n) is 7.09. The van der Waals surface area contributed by atoms with E-state index in [9.17, 15) is 14.4 Å². The number of fused-ring (bicyclic) bond motifs is 1. The molecule has 0 amide bonds. The van der Waals surface area contributed by atoms with Gasteiger partial charge in [0, 0.05) is 6.20 Å². The van der Waals surface area contributed by atoms with Crippen molar-refractivity contribution in [1.29, 1.82) is 0 Å². The number of aromatic nitrogens is 1. The zero-order valence-electron chi connectivity index (χ0n) is 25.6. The van der Waals surface area contributed by atoms with Crippen LogP contribution in [-0.2, 0) is 16.1 Å². The summed E-state index contributed by atoms with van der Waals surface area (Å²) >= 11 is 1.19. The fourth-order valence-corrected chi connectivity index (χ4v) is 5.91. The monoisotopic (exact) mass is 644 g/mol. The molecule has 2 heterocycles. The number of carbonyl (C=O) groups excluding carboxylic acids is 1. The molecule has 0 spiro atoms. The molecule has 5 rings (SSSR count). The van der Waals surface area contributed by atoms with Gasteiger partial charge in [-0.2, -0.15) is 0 Å². The smallest absolute Gasteiger partial charge is 0.337 e. The van der Waals surface area contributed by atoms with Gasteiger partial charge in [-0.1, -0.05) is 35.6 Å². The van der Waals surface area contributed by atoms with Gasteiger partial charge in [-0.25, -0.2) is 14.6 Å². The van der Waals surface area contributed by atoms with Gasteiger partial charge in [0.15, 0.2) is 27.8 Å². The minimum absolute atomic E-state index is 0.193. The number of hydrogen-bond donors (Lipinski definition) is 1. The number of rotatable bonds is 12. The molecule has 1 aromatic heterocycles. The molecule has 1 aliphatic heterocycles. The third-order valence-corrected chi connectivity index (χ3v) is 8.09. The second kappa shape index (κ2) is 14.2. The van der Waals surface area contributed by atoms with Gasteiger partial charge in [0.25, 0.3) is 5.56 Å². The van der Waals surface area contributed by atoms with Gasteiger partial charge in [-0.3, -0.25) is 9.36 Å². The van der Waals surface area contributed by atoms with Crippen molar-refractivity contribution >= 4 is 29.4 Å². The maximum Gasteiger partial charge on any atom is 0.337 e. The van der Waals surface area contributed by atoms with Crippen LogP contribution in [0.2, 0.25) is 0 Å². The predicted octanol–water partition coefficient (Wildman–Crippen LogP) is 4.10. The number of methoxy groups -OCH3 is 2. The molecule has 11 nitrogen and oxygen atoms in total. The quantitative estimate of drug-likeness (QED) is 0.226. The van der Waals surface area contributed by atoms with Crippen LogP contribution in [0.1, 0.15) is 46.9 Å². The largest absolute Gasteiger partial charge is 0.493 e. The summed E-state index contributed by atoms with van der Waals surface area (Å²) < 4.78 is 29.9. The summed E-state index contributed by atoms with van der Waals surface area (Å²) in [7, 11) is 2.80. The van der Waals surface area contributed by atoms with Crippen molar-refractivity contribution in [2.24, 2.45) is 4.99 Å². The molecular formula is C34H32N2O9S. The first kappa shape index (κ1) is 32.0. The zero-order valence-corrected chi connectivity index (χ0v) is 26.5. The maximum atomic E-state index is 13.9. The molecule has 0 unspecified atom stereocenters. The molecule has 4 aromatic rings. The average molecular weight is 645 g/mol. The Kier molecular flexibility index (Phi) is 9.87. The Morgan fingerprint density at radius 1 is 0.913 bits per heavy atom. The van der Waals surface area contributed by atoms with Crippen LogP contribution in [0.4, 0.5) is 0 Å². The van der Waals surface area contributed by atoms with Crippen molar-refractivity contribution in [3.8, 4) is 23.0 Å². The molecule has 1 N–H and O–H groups in total. The van der Waals surface area contributed by atoms with Crippen molar-refractivity contribution in [2.75, 3.05) is 27.4 Å². The fourth-order valence-electron chi connectivity index (χ4n) is 4.94. The number of esters is 1. The van der Waals surface area contributed by atoms with Crippen molar-refractivity contribution < 1.29 is 38.4 Å². The number of hydrogen-bond acceptors (Lipinski definition) is 10. The SMILES string of the molecule is CCOc1ccc([C@H]2C(C(=O)OC)=CN=c3s/c(=C\c4ccc(OCc5ccc(C(=O)O)cc5)c(OC)c4)c(=O)n32)cc1OCC. The topological polar surface area (TPSA) is 135 Å². The molecule has 238 valence electrons. The maximum absolute atomic E-state index is 13.9. The molecule has 1 aliphatic rings. The van der Waals surface area contributed by atoms with Gasteiger partial charge in [-0.15, -0.1) is 0 Å². The Morgan fingerprint density at radius 2 is 1.61 bits per heavy atom. The highest BCUT2D eigenvalue weighted by atomic mass is 32.1. The summed E-state index contributed by atoms with van der Waals surface area (Å²) in [5, 5.41) is 9.11. The van der Waals surface area contributed by atoms with E-state index in [4.69, 9.17) is 28.8 Å². The highest BCUT2D eigenvalue weighted by Gasteiger charge is 2.31. The summed E-state index contributed by atoms with van der Waals surface area (Å²) in [4.78, 5) is 42.8. The molecule has 0 aliphatic carbocycles. The first-order chi connectivity index (χ1) is 22.3. The van der Waals surface area contributed by atoms with E-state index in [1.165, 1.54) is 48.5 Å². The molecule has 12 heteroatoms. The lowest BCUT2D eigenvalue weighted by Crippen LogP contribution is -2.39. The van der Waals surface area contributed by atoms with E-state index in [1.54, 1.807) is 54.6 Å². The summed E-state index contributed by atoms with van der Waals surface area (Å²) in [6.45, 7) is 4.79. The van der Waals surface area contributed by atoms with Gasteiger partial charge in [0.2, 0.25) is 0 Å². The van der Waals surface area contributed by atoms with Crippen LogP contribution in [0.25, 0.3) is 6.08 Å². The van der Waals surface area contributed by atoms with E-state index in [-0.39, 0.29) is 23.3 Å². The minimum Gasteiger partial charge on any atom is -0.493 e. The highest BCUT2D eigenvalue weighted by molar-refractivity contribution is 7.07. The molecule has 0 bridgehead atoms. The van der Waals surface area contributed by atoms with Gasteiger partial charge >= 0.3 is 11.9 Å². The number of aromatic carboxylic acids is 1. The van der Waals surface area contributed by atoms with Gasteiger partial charge in [0.05, 0.1) is 49.1 Å². The second-order valence-electron chi connectivity index (χ2n) is 9.95. The summed E-state index contributed by atoms with van der Waals surface area (Å²) in [6, 6.07) is 16.2. The Labute approximate surface area is 268 Å². The number of nitrogens with zero attached hydrogens (tertiary/aromatic N) is 2. The molecule has 46 heavy (non-hydrogen) atoms. The number of ether oxygens (including phenoxy) is 5. The van der Waals surface area contributed by atoms with E-state index in [0.717, 1.165) is 5.56 Å². The zero-order chi connectivity index (χ0) is 32.8. The van der Waals surface area contributed by atoms with Gasteiger partial charge in [0.1, 0.15) is 6.61 Å². The van der Waals surface area contributed by atoms with Crippen LogP contribution in [0.5, 0.6) is 23.0 Å². The summed E-state index contributed by atoms with van der Waals surface area (Å²) in [5.74, 6) is 0.383. The van der Waals surface area contributed by atoms with Gasteiger partial charge in [-0.05, 0) is 73.0 Å². The lowest BCUT2D eigenvalue weighted by molar-refractivity contribution is -0.136. The van der Waals surface area contributed by atoms with Crippen LogP contribution >= 0.6 is 11.3 Å². The molecule has 0 saturated carbocycles. The lowest BCUT2D eigenvalue weighted by Gasteiger charge is -2.23. The van der Waals surface area contributed by atoms with Crippen molar-refractivity contribution in [3.63, 3.8) is 0 Å². The Morgan fingerprint density at radius 3 is 2.28 bits per heavy atom. The predicted molar refractivity (Wildman–Crippen MR) is 171 cm³/mol. The van der Waals surface area contributed by atoms with Crippen molar-refractivity contribution in [3.05, 3.63) is 114 Å². The third kappa shape index (κ3) is 6.66. The number of carbonyl (C=O) groups is 2. The first-order valence-corrected chi connectivity index (χ1v) is 15.2. The van der Waals surface area contributed by atoms with Crippen LogP contribution in [0.3, 0.4) is 0 Å². The molecular weight excluding hydrogens is 612 g/mol. The Balaban J connectivity index is 1.50. The number of carboxylic acids is 1. The van der Waals surface area contributed by atoms with E-state index in [1.807, 2.05) is 13.8 Å². The fraction of sp³-hybridized carbons (Fsp3) is 0.235. The lowest BCUT2D eigenvalue weighted by atomic mass is 9.97. The van der Waals surface area contributed by atoms with Crippen molar-refractivity contribution in [1.82, 2.24) is 4.57 Å². The summed E-state index contributed by atoms with van der Waals surface area (Å²) in [5.41, 5.74) is 2.17. The standard InChI is InChI=1S/C34H32N2O9S/c1-5-43-26-14-12-23(17-28(26)44-6-2)30-24(33(40)42-4)18-35-34-36(30)31(37)29(46-34)16-21-9-13-25(27(15-21)41-3)45-19-20-7-10-22(11-8-20)32(38)39/h7-18,30H,5-6,19H2,1-4H3,(H,38,39)/b29-16-/t30-/m0/s1. The molecule has 0 saturated heterocycles. The Hall–Kier alpha value is -5.36. The van der Waals surface area contributed by atoms with Crippen LogP contribution < -0.4 is 33.8 Å². The molecule has 0 fully saturated rings. The van der Waals surface area contributed by atoms with Crippen LogP contribution in [-0.4, -0.2) is 49.0 Å².